The Hall–Kier alpha value is -1.66. The number of halogens is 1. The number of nitrogens with one attached hydrogen (secondary N) is 1. The molecule has 0 atom stereocenters. The minimum absolute atomic E-state index is 0.147. The number of amides is 1. The van der Waals surface area contributed by atoms with Gasteiger partial charge in [0.05, 0.1) is 12.7 Å². The van der Waals surface area contributed by atoms with Gasteiger partial charge in [-0.2, -0.15) is 0 Å². The number of aromatic nitrogens is 1. The van der Waals surface area contributed by atoms with Crippen LogP contribution >= 0.6 is 15.9 Å². The average Bonchev–Trinajstić information content (AvgIpc) is 2.81. The predicted molar refractivity (Wildman–Crippen MR) is 66.5 cm³/mol. The molecule has 3 N–H and O–H groups in total. The SMILES string of the molecule is NCc1ncc(C(=O)Nc2ccc(Br)cc2)o1. The normalized spacial score (nSPS) is 10.2. The van der Waals surface area contributed by atoms with Crippen LogP contribution < -0.4 is 11.1 Å². The standard InChI is InChI=1S/C11H10BrN3O2/c12-7-1-3-8(4-2-7)15-11(16)9-6-14-10(5-13)17-9/h1-4,6H,5,13H2,(H,15,16). The maximum absolute atomic E-state index is 11.7. The van der Waals surface area contributed by atoms with Gasteiger partial charge >= 0.3 is 0 Å². The van der Waals surface area contributed by atoms with E-state index in [0.717, 1.165) is 4.47 Å². The molecule has 0 bridgehead atoms. The third-order valence-corrected chi connectivity index (χ3v) is 2.58. The van der Waals surface area contributed by atoms with Gasteiger partial charge in [0.2, 0.25) is 11.7 Å². The third-order valence-electron chi connectivity index (χ3n) is 2.05. The van der Waals surface area contributed by atoms with E-state index in [4.69, 9.17) is 10.2 Å². The van der Waals surface area contributed by atoms with Gasteiger partial charge in [-0.3, -0.25) is 4.79 Å². The van der Waals surface area contributed by atoms with Crippen LogP contribution in [0.4, 0.5) is 5.69 Å². The zero-order valence-electron chi connectivity index (χ0n) is 8.81. The summed E-state index contributed by atoms with van der Waals surface area (Å²) < 4.78 is 6.08. The summed E-state index contributed by atoms with van der Waals surface area (Å²) >= 11 is 3.31. The third kappa shape index (κ3) is 2.92. The van der Waals surface area contributed by atoms with Crippen LogP contribution in [0, 0.1) is 0 Å². The van der Waals surface area contributed by atoms with E-state index in [0.29, 0.717) is 11.6 Å². The number of rotatable bonds is 3. The molecule has 17 heavy (non-hydrogen) atoms. The molecule has 0 radical (unpaired) electrons. The van der Waals surface area contributed by atoms with Gasteiger partial charge in [-0.15, -0.1) is 0 Å². The molecule has 0 fully saturated rings. The van der Waals surface area contributed by atoms with E-state index in [1.165, 1.54) is 6.20 Å². The van der Waals surface area contributed by atoms with Crippen LogP contribution in [0.25, 0.3) is 0 Å². The molecule has 0 spiro atoms. The van der Waals surface area contributed by atoms with E-state index in [2.05, 4.69) is 26.2 Å². The fourth-order valence-electron chi connectivity index (χ4n) is 1.24. The van der Waals surface area contributed by atoms with Gasteiger partial charge in [0.15, 0.2) is 0 Å². The first-order valence-corrected chi connectivity index (χ1v) is 5.70. The molecule has 1 heterocycles. The van der Waals surface area contributed by atoms with Crippen LogP contribution in [0.15, 0.2) is 39.4 Å². The number of hydrogen-bond acceptors (Lipinski definition) is 4. The average molecular weight is 296 g/mol. The van der Waals surface area contributed by atoms with Crippen LogP contribution in [-0.4, -0.2) is 10.9 Å². The van der Waals surface area contributed by atoms with Gasteiger partial charge < -0.3 is 15.5 Å². The second-order valence-electron chi connectivity index (χ2n) is 3.28. The Morgan fingerprint density at radius 3 is 2.71 bits per heavy atom. The molecule has 0 saturated heterocycles. The lowest BCUT2D eigenvalue weighted by molar-refractivity contribution is 0.0995. The molecule has 0 unspecified atom stereocenters. The van der Waals surface area contributed by atoms with Crippen molar-refractivity contribution < 1.29 is 9.21 Å². The number of carbonyl (C=O) groups excluding carboxylic acids is 1. The molecule has 2 rings (SSSR count). The molecule has 0 aliphatic heterocycles. The van der Waals surface area contributed by atoms with E-state index >= 15 is 0 Å². The Morgan fingerprint density at radius 2 is 2.12 bits per heavy atom. The van der Waals surface area contributed by atoms with E-state index in [1.807, 2.05) is 12.1 Å². The Balaban J connectivity index is 2.08. The lowest BCUT2D eigenvalue weighted by atomic mass is 10.3. The van der Waals surface area contributed by atoms with Crippen LogP contribution in [0.2, 0.25) is 0 Å². The monoisotopic (exact) mass is 295 g/mol. The number of carbonyl (C=O) groups is 1. The Labute approximate surface area is 106 Å². The molecule has 0 saturated carbocycles. The van der Waals surface area contributed by atoms with Crippen molar-refractivity contribution in [3.8, 4) is 0 Å². The summed E-state index contributed by atoms with van der Waals surface area (Å²) in [6.45, 7) is 0.172. The highest BCUT2D eigenvalue weighted by Gasteiger charge is 2.11. The number of nitrogens with two attached hydrogens (primary N) is 1. The zero-order chi connectivity index (χ0) is 12.3. The molecule has 0 aliphatic rings. The second kappa shape index (κ2) is 5.11. The molecule has 1 aromatic carbocycles. The zero-order valence-corrected chi connectivity index (χ0v) is 10.4. The van der Waals surface area contributed by atoms with E-state index < -0.39 is 0 Å². The number of anilines is 1. The van der Waals surface area contributed by atoms with Gasteiger partial charge in [0.25, 0.3) is 5.91 Å². The molecular formula is C11H10BrN3O2. The van der Waals surface area contributed by atoms with E-state index in [-0.39, 0.29) is 18.2 Å². The van der Waals surface area contributed by atoms with Crippen LogP contribution in [0.5, 0.6) is 0 Å². The van der Waals surface area contributed by atoms with Crippen molar-refractivity contribution in [1.82, 2.24) is 4.98 Å². The molecule has 1 amide bonds. The van der Waals surface area contributed by atoms with Gasteiger partial charge in [-0.05, 0) is 24.3 Å². The first kappa shape index (κ1) is 11.8. The minimum Gasteiger partial charge on any atom is -0.434 e. The lowest BCUT2D eigenvalue weighted by Gasteiger charge is -2.02. The maximum atomic E-state index is 11.7. The largest absolute Gasteiger partial charge is 0.434 e. The van der Waals surface area contributed by atoms with Crippen molar-refractivity contribution in [2.45, 2.75) is 6.54 Å². The molecule has 88 valence electrons. The summed E-state index contributed by atoms with van der Waals surface area (Å²) in [4.78, 5) is 15.6. The molecular weight excluding hydrogens is 286 g/mol. The summed E-state index contributed by atoms with van der Waals surface area (Å²) in [7, 11) is 0. The summed E-state index contributed by atoms with van der Waals surface area (Å²) in [6.07, 6.45) is 1.36. The smallest absolute Gasteiger partial charge is 0.293 e. The van der Waals surface area contributed by atoms with Crippen molar-refractivity contribution in [3.63, 3.8) is 0 Å². The molecule has 2 aromatic rings. The van der Waals surface area contributed by atoms with Crippen molar-refractivity contribution in [2.75, 3.05) is 5.32 Å². The summed E-state index contributed by atoms with van der Waals surface area (Å²) in [5.74, 6) is 0.138. The molecule has 6 heteroatoms. The molecule has 5 nitrogen and oxygen atoms in total. The van der Waals surface area contributed by atoms with Crippen molar-refractivity contribution >= 4 is 27.5 Å². The number of nitrogens with zero attached hydrogens (tertiary/aromatic N) is 1. The lowest BCUT2D eigenvalue weighted by Crippen LogP contribution is -2.10. The van der Waals surface area contributed by atoms with Crippen molar-refractivity contribution in [3.05, 3.63) is 46.6 Å². The summed E-state index contributed by atoms with van der Waals surface area (Å²) in [6, 6.07) is 7.23. The first-order chi connectivity index (χ1) is 8.19. The van der Waals surface area contributed by atoms with Crippen LogP contribution in [0.1, 0.15) is 16.4 Å². The van der Waals surface area contributed by atoms with E-state index in [1.54, 1.807) is 12.1 Å². The number of benzene rings is 1. The fraction of sp³-hybridized carbons (Fsp3) is 0.0909. The molecule has 1 aromatic heterocycles. The highest BCUT2D eigenvalue weighted by atomic mass is 79.9. The first-order valence-electron chi connectivity index (χ1n) is 4.91. The van der Waals surface area contributed by atoms with Gasteiger partial charge in [0.1, 0.15) is 0 Å². The van der Waals surface area contributed by atoms with Gasteiger partial charge in [-0.1, -0.05) is 15.9 Å². The quantitative estimate of drug-likeness (QED) is 0.909. The summed E-state index contributed by atoms with van der Waals surface area (Å²) in [5, 5.41) is 2.69. The van der Waals surface area contributed by atoms with E-state index in [9.17, 15) is 4.79 Å². The fourth-order valence-corrected chi connectivity index (χ4v) is 1.50. The number of hydrogen-bond donors (Lipinski definition) is 2. The van der Waals surface area contributed by atoms with Crippen molar-refractivity contribution in [2.24, 2.45) is 5.73 Å². The van der Waals surface area contributed by atoms with Crippen LogP contribution in [0.3, 0.4) is 0 Å². The Kier molecular flexibility index (Phi) is 3.55. The summed E-state index contributed by atoms with van der Waals surface area (Å²) in [5.41, 5.74) is 6.02. The van der Waals surface area contributed by atoms with Crippen LogP contribution in [-0.2, 0) is 6.54 Å². The predicted octanol–water partition coefficient (Wildman–Crippen LogP) is 2.15. The maximum Gasteiger partial charge on any atom is 0.293 e. The van der Waals surface area contributed by atoms with Gasteiger partial charge in [-0.25, -0.2) is 4.98 Å². The second-order valence-corrected chi connectivity index (χ2v) is 4.20. The topological polar surface area (TPSA) is 81.1 Å². The van der Waals surface area contributed by atoms with Gasteiger partial charge in [0, 0.05) is 10.2 Å². The van der Waals surface area contributed by atoms with Crippen molar-refractivity contribution in [1.29, 1.82) is 0 Å². The highest BCUT2D eigenvalue weighted by Crippen LogP contribution is 2.15. The highest BCUT2D eigenvalue weighted by molar-refractivity contribution is 9.10. The number of oxazole rings is 1. The Bertz CT molecular complexity index is 522. The minimum atomic E-state index is -0.348. The Morgan fingerprint density at radius 1 is 1.41 bits per heavy atom. The molecule has 0 aliphatic carbocycles.